The van der Waals surface area contributed by atoms with Crippen molar-refractivity contribution in [2.75, 3.05) is 11.9 Å². The van der Waals surface area contributed by atoms with Crippen LogP contribution in [0.25, 0.3) is 0 Å². The number of aromatic nitrogens is 2. The minimum absolute atomic E-state index is 0.0243. The molecule has 1 aliphatic carbocycles. The average Bonchev–Trinajstić information content (AvgIpc) is 2.44. The van der Waals surface area contributed by atoms with E-state index in [0.717, 1.165) is 18.9 Å². The highest BCUT2D eigenvalue weighted by atomic mass is 35.5. The second-order valence-corrected chi connectivity index (χ2v) is 6.31. The lowest BCUT2D eigenvalue weighted by Gasteiger charge is -2.21. The van der Waals surface area contributed by atoms with Crippen LogP contribution < -0.4 is 10.9 Å². The summed E-state index contributed by atoms with van der Waals surface area (Å²) in [4.78, 5) is 12.0. The van der Waals surface area contributed by atoms with Crippen molar-refractivity contribution < 1.29 is 0 Å². The van der Waals surface area contributed by atoms with Crippen molar-refractivity contribution in [3.63, 3.8) is 0 Å². The van der Waals surface area contributed by atoms with E-state index in [1.54, 1.807) is 6.20 Å². The molecule has 5 heteroatoms. The van der Waals surface area contributed by atoms with E-state index in [1.165, 1.54) is 36.8 Å². The summed E-state index contributed by atoms with van der Waals surface area (Å²) in [6.45, 7) is 4.69. The summed E-state index contributed by atoms with van der Waals surface area (Å²) in [7, 11) is 0. The van der Waals surface area contributed by atoms with Crippen LogP contribution >= 0.6 is 11.6 Å². The smallest absolute Gasteiger partial charge is 0.287 e. The molecule has 0 saturated heterocycles. The van der Waals surface area contributed by atoms with Gasteiger partial charge in [0.1, 0.15) is 5.02 Å². The first-order chi connectivity index (χ1) is 9.59. The molecule has 0 bridgehead atoms. The Kier molecular flexibility index (Phi) is 5.46. The summed E-state index contributed by atoms with van der Waals surface area (Å²) in [5.41, 5.74) is 0.439. The fourth-order valence-electron chi connectivity index (χ4n) is 2.82. The van der Waals surface area contributed by atoms with Gasteiger partial charge in [0.2, 0.25) is 0 Å². The van der Waals surface area contributed by atoms with Gasteiger partial charge in [-0.05, 0) is 26.2 Å². The summed E-state index contributed by atoms with van der Waals surface area (Å²) in [5, 5.41) is 7.67. The van der Waals surface area contributed by atoms with E-state index >= 15 is 0 Å². The molecule has 1 heterocycles. The second kappa shape index (κ2) is 7.11. The molecule has 0 amide bonds. The molecule has 1 aromatic heterocycles. The SMILES string of the molecule is CC(C)n1ncc(NCCC2CCCCC2)c(Cl)c1=O. The summed E-state index contributed by atoms with van der Waals surface area (Å²) >= 11 is 6.13. The molecule has 112 valence electrons. The molecule has 0 unspecified atom stereocenters. The zero-order valence-corrected chi connectivity index (χ0v) is 13.1. The first kappa shape index (κ1) is 15.4. The molecule has 1 N–H and O–H groups in total. The first-order valence-electron chi connectivity index (χ1n) is 7.60. The number of anilines is 1. The van der Waals surface area contributed by atoms with Crippen LogP contribution in [0.3, 0.4) is 0 Å². The zero-order chi connectivity index (χ0) is 14.5. The van der Waals surface area contributed by atoms with Gasteiger partial charge in [-0.15, -0.1) is 0 Å². The van der Waals surface area contributed by atoms with Crippen LogP contribution in [0, 0.1) is 5.92 Å². The Labute approximate surface area is 125 Å². The fraction of sp³-hybridized carbons (Fsp3) is 0.733. The van der Waals surface area contributed by atoms with Gasteiger partial charge in [-0.25, -0.2) is 4.68 Å². The Morgan fingerprint density at radius 3 is 2.75 bits per heavy atom. The van der Waals surface area contributed by atoms with E-state index in [0.29, 0.717) is 5.69 Å². The largest absolute Gasteiger partial charge is 0.382 e. The molecule has 1 saturated carbocycles. The van der Waals surface area contributed by atoms with E-state index < -0.39 is 0 Å². The van der Waals surface area contributed by atoms with Crippen LogP contribution in [0.4, 0.5) is 5.69 Å². The monoisotopic (exact) mass is 297 g/mol. The predicted octanol–water partition coefficient (Wildman–Crippen LogP) is 3.86. The van der Waals surface area contributed by atoms with E-state index in [2.05, 4.69) is 10.4 Å². The Morgan fingerprint density at radius 1 is 1.40 bits per heavy atom. The highest BCUT2D eigenvalue weighted by Gasteiger charge is 2.14. The van der Waals surface area contributed by atoms with Gasteiger partial charge in [0.15, 0.2) is 0 Å². The number of halogens is 1. The lowest BCUT2D eigenvalue weighted by molar-refractivity contribution is 0.345. The highest BCUT2D eigenvalue weighted by Crippen LogP contribution is 2.26. The molecule has 1 aliphatic rings. The van der Waals surface area contributed by atoms with Gasteiger partial charge in [0.25, 0.3) is 5.56 Å². The third-order valence-electron chi connectivity index (χ3n) is 4.03. The topological polar surface area (TPSA) is 46.9 Å². The Balaban J connectivity index is 1.93. The maximum Gasteiger partial charge on any atom is 0.287 e. The number of nitrogens with one attached hydrogen (secondary N) is 1. The number of hydrogen-bond acceptors (Lipinski definition) is 3. The Morgan fingerprint density at radius 2 is 2.10 bits per heavy atom. The summed E-state index contributed by atoms with van der Waals surface area (Å²) in [6, 6.07) is 0.0243. The Bertz CT molecular complexity index is 492. The van der Waals surface area contributed by atoms with Gasteiger partial charge >= 0.3 is 0 Å². The van der Waals surface area contributed by atoms with E-state index in [4.69, 9.17) is 11.6 Å². The van der Waals surface area contributed by atoms with E-state index in [1.807, 2.05) is 13.8 Å². The zero-order valence-electron chi connectivity index (χ0n) is 12.4. The van der Waals surface area contributed by atoms with Crippen LogP contribution in [0.5, 0.6) is 0 Å². The van der Waals surface area contributed by atoms with Crippen molar-refractivity contribution in [3.8, 4) is 0 Å². The van der Waals surface area contributed by atoms with Crippen molar-refractivity contribution in [2.45, 2.75) is 58.4 Å². The van der Waals surface area contributed by atoms with Gasteiger partial charge in [-0.3, -0.25) is 4.79 Å². The van der Waals surface area contributed by atoms with Crippen molar-refractivity contribution >= 4 is 17.3 Å². The van der Waals surface area contributed by atoms with Crippen LogP contribution in [-0.4, -0.2) is 16.3 Å². The lowest BCUT2D eigenvalue weighted by atomic mass is 9.87. The van der Waals surface area contributed by atoms with Crippen LogP contribution in [0.15, 0.2) is 11.0 Å². The van der Waals surface area contributed by atoms with Gasteiger partial charge in [0, 0.05) is 6.54 Å². The highest BCUT2D eigenvalue weighted by molar-refractivity contribution is 6.32. The number of rotatable bonds is 5. The average molecular weight is 298 g/mol. The predicted molar refractivity (Wildman–Crippen MR) is 83.6 cm³/mol. The number of hydrogen-bond donors (Lipinski definition) is 1. The Hall–Kier alpha value is -1.03. The minimum Gasteiger partial charge on any atom is -0.382 e. The second-order valence-electron chi connectivity index (χ2n) is 5.94. The molecule has 1 aromatic rings. The maximum absolute atomic E-state index is 12.0. The molecule has 0 aromatic carbocycles. The molecule has 2 rings (SSSR count). The number of nitrogens with zero attached hydrogens (tertiary/aromatic N) is 2. The van der Waals surface area contributed by atoms with Crippen molar-refractivity contribution in [1.29, 1.82) is 0 Å². The molecular formula is C15H24ClN3O. The van der Waals surface area contributed by atoms with Crippen LogP contribution in [-0.2, 0) is 0 Å². The summed E-state index contributed by atoms with van der Waals surface area (Å²) in [6.07, 6.45) is 9.57. The van der Waals surface area contributed by atoms with Crippen LogP contribution in [0.1, 0.15) is 58.4 Å². The van der Waals surface area contributed by atoms with Crippen molar-refractivity contribution in [1.82, 2.24) is 9.78 Å². The third kappa shape index (κ3) is 3.75. The van der Waals surface area contributed by atoms with Crippen LogP contribution in [0.2, 0.25) is 5.02 Å². The molecule has 1 fully saturated rings. The third-order valence-corrected chi connectivity index (χ3v) is 4.39. The van der Waals surface area contributed by atoms with Gasteiger partial charge in [0.05, 0.1) is 17.9 Å². The maximum atomic E-state index is 12.0. The normalized spacial score (nSPS) is 16.6. The molecule has 4 nitrogen and oxygen atoms in total. The molecule has 0 spiro atoms. The molecule has 0 radical (unpaired) electrons. The van der Waals surface area contributed by atoms with Gasteiger partial charge in [-0.2, -0.15) is 5.10 Å². The quantitative estimate of drug-likeness (QED) is 0.897. The van der Waals surface area contributed by atoms with E-state index in [9.17, 15) is 4.79 Å². The molecular weight excluding hydrogens is 274 g/mol. The van der Waals surface area contributed by atoms with Crippen molar-refractivity contribution in [3.05, 3.63) is 21.6 Å². The summed E-state index contributed by atoms with van der Waals surface area (Å²) < 4.78 is 1.41. The molecule has 0 aliphatic heterocycles. The standard InChI is InChI=1S/C15H24ClN3O/c1-11(2)19-15(20)14(16)13(10-18-19)17-9-8-12-6-4-3-5-7-12/h10-12,17H,3-9H2,1-2H3. The molecule has 0 atom stereocenters. The van der Waals surface area contributed by atoms with Gasteiger partial charge in [-0.1, -0.05) is 43.7 Å². The van der Waals surface area contributed by atoms with Gasteiger partial charge < -0.3 is 5.32 Å². The first-order valence-corrected chi connectivity index (χ1v) is 7.98. The van der Waals surface area contributed by atoms with E-state index in [-0.39, 0.29) is 16.6 Å². The lowest BCUT2D eigenvalue weighted by Crippen LogP contribution is -2.26. The summed E-state index contributed by atoms with van der Waals surface area (Å²) in [5.74, 6) is 0.819. The fourth-order valence-corrected chi connectivity index (χ4v) is 3.02. The molecule has 20 heavy (non-hydrogen) atoms. The minimum atomic E-state index is -0.218. The van der Waals surface area contributed by atoms with Crippen molar-refractivity contribution in [2.24, 2.45) is 5.92 Å².